The quantitative estimate of drug-likeness (QED) is 0.790. The van der Waals surface area contributed by atoms with Gasteiger partial charge >= 0.3 is 12.1 Å². The first-order chi connectivity index (χ1) is 9.81. The van der Waals surface area contributed by atoms with Crippen molar-refractivity contribution in [1.82, 2.24) is 5.32 Å². The van der Waals surface area contributed by atoms with Crippen LogP contribution in [0.5, 0.6) is 0 Å². The minimum absolute atomic E-state index is 0.311. The van der Waals surface area contributed by atoms with Crippen LogP contribution in [0.1, 0.15) is 47.0 Å². The molecular formula is C15H27NO4S. The monoisotopic (exact) mass is 317 g/mol. The largest absolute Gasteiger partial charge is 0.464 e. The summed E-state index contributed by atoms with van der Waals surface area (Å²) >= 11 is 1.94. The van der Waals surface area contributed by atoms with E-state index in [1.807, 2.05) is 11.8 Å². The maximum absolute atomic E-state index is 12.0. The molecule has 1 rings (SSSR count). The number of esters is 1. The molecule has 0 aromatic rings. The molecule has 0 aromatic carbocycles. The molecule has 1 N–H and O–H groups in total. The van der Waals surface area contributed by atoms with Crippen LogP contribution < -0.4 is 5.32 Å². The lowest BCUT2D eigenvalue weighted by Gasteiger charge is -2.27. The van der Waals surface area contributed by atoms with Crippen LogP contribution in [0.4, 0.5) is 4.79 Å². The lowest BCUT2D eigenvalue weighted by Crippen LogP contribution is -2.45. The van der Waals surface area contributed by atoms with E-state index < -0.39 is 17.7 Å². The normalized spacial score (nSPS) is 17.9. The van der Waals surface area contributed by atoms with Gasteiger partial charge in [-0.15, -0.1) is 0 Å². The van der Waals surface area contributed by atoms with Gasteiger partial charge in [-0.2, -0.15) is 11.8 Å². The van der Waals surface area contributed by atoms with E-state index in [2.05, 4.69) is 5.32 Å². The van der Waals surface area contributed by atoms with Crippen LogP contribution in [0.25, 0.3) is 0 Å². The smallest absolute Gasteiger partial charge is 0.408 e. The summed E-state index contributed by atoms with van der Waals surface area (Å²) in [4.78, 5) is 23.9. The van der Waals surface area contributed by atoms with Crippen molar-refractivity contribution in [1.29, 1.82) is 0 Å². The molecule has 1 aliphatic heterocycles. The Balaban J connectivity index is 2.58. The predicted molar refractivity (Wildman–Crippen MR) is 84.5 cm³/mol. The van der Waals surface area contributed by atoms with Crippen LogP contribution in [-0.2, 0) is 14.3 Å². The number of alkyl carbamates (subject to hydrolysis) is 1. The Morgan fingerprint density at radius 3 is 2.43 bits per heavy atom. The average Bonchev–Trinajstić information content (AvgIpc) is 2.37. The van der Waals surface area contributed by atoms with Crippen LogP contribution in [0.15, 0.2) is 0 Å². The van der Waals surface area contributed by atoms with Gasteiger partial charge in [0.1, 0.15) is 11.6 Å². The Kier molecular flexibility index (Phi) is 7.35. The number of amides is 1. The maximum Gasteiger partial charge on any atom is 0.408 e. The van der Waals surface area contributed by atoms with Crippen molar-refractivity contribution in [2.75, 3.05) is 18.1 Å². The van der Waals surface area contributed by atoms with Gasteiger partial charge in [0, 0.05) is 0 Å². The zero-order chi connectivity index (χ0) is 15.9. The van der Waals surface area contributed by atoms with Crippen molar-refractivity contribution >= 4 is 23.8 Å². The van der Waals surface area contributed by atoms with Crippen molar-refractivity contribution in [2.45, 2.75) is 58.6 Å². The first kappa shape index (κ1) is 18.1. The van der Waals surface area contributed by atoms with Crippen LogP contribution >= 0.6 is 11.8 Å². The third-order valence-corrected chi connectivity index (χ3v) is 4.22. The topological polar surface area (TPSA) is 64.6 Å². The highest BCUT2D eigenvalue weighted by Gasteiger charge is 2.28. The fourth-order valence-corrected chi connectivity index (χ4v) is 3.43. The summed E-state index contributed by atoms with van der Waals surface area (Å²) in [6.45, 7) is 7.46. The van der Waals surface area contributed by atoms with Crippen LogP contribution in [0, 0.1) is 5.92 Å². The Hall–Kier alpha value is -0.910. The maximum atomic E-state index is 12.0. The molecule has 0 unspecified atom stereocenters. The minimum Gasteiger partial charge on any atom is -0.464 e. The molecule has 21 heavy (non-hydrogen) atoms. The number of carbonyl (C=O) groups is 2. The molecule has 0 radical (unpaired) electrons. The lowest BCUT2D eigenvalue weighted by atomic mass is 9.94. The molecule has 1 amide bonds. The SMILES string of the molecule is CCOC(=O)[C@H](CC1CCSCC1)NC(=O)OC(C)(C)C. The number of thioether (sulfide) groups is 1. The third-order valence-electron chi connectivity index (χ3n) is 3.17. The highest BCUT2D eigenvalue weighted by atomic mass is 32.2. The van der Waals surface area contributed by atoms with E-state index in [4.69, 9.17) is 9.47 Å². The summed E-state index contributed by atoms with van der Waals surface area (Å²) in [6, 6.07) is -0.618. The lowest BCUT2D eigenvalue weighted by molar-refractivity contribution is -0.146. The number of hydrogen-bond acceptors (Lipinski definition) is 5. The molecule has 1 heterocycles. The van der Waals surface area contributed by atoms with Gasteiger partial charge in [0.2, 0.25) is 0 Å². The third kappa shape index (κ3) is 7.60. The van der Waals surface area contributed by atoms with Gasteiger partial charge in [0.05, 0.1) is 6.61 Å². The fourth-order valence-electron chi connectivity index (χ4n) is 2.22. The van der Waals surface area contributed by atoms with E-state index in [0.717, 1.165) is 24.3 Å². The van der Waals surface area contributed by atoms with Gasteiger partial charge in [0.25, 0.3) is 0 Å². The first-order valence-corrected chi connectivity index (χ1v) is 8.71. The van der Waals surface area contributed by atoms with E-state index in [1.54, 1.807) is 27.7 Å². The molecule has 1 aliphatic rings. The van der Waals surface area contributed by atoms with E-state index in [9.17, 15) is 9.59 Å². The summed E-state index contributed by atoms with van der Waals surface area (Å²) in [5.41, 5.74) is -0.579. The molecule has 0 aliphatic carbocycles. The number of ether oxygens (including phenoxy) is 2. The summed E-state index contributed by atoms with van der Waals surface area (Å²) in [5, 5.41) is 2.66. The van der Waals surface area contributed by atoms with E-state index in [0.29, 0.717) is 18.9 Å². The van der Waals surface area contributed by atoms with Gasteiger partial charge in [-0.25, -0.2) is 9.59 Å². The highest BCUT2D eigenvalue weighted by Crippen LogP contribution is 2.26. The minimum atomic E-state index is -0.618. The second-order valence-corrected chi connectivity index (χ2v) is 7.47. The van der Waals surface area contributed by atoms with Gasteiger partial charge in [0.15, 0.2) is 0 Å². The molecule has 5 nitrogen and oxygen atoms in total. The Labute approximate surface area is 131 Å². The second-order valence-electron chi connectivity index (χ2n) is 6.24. The molecule has 0 spiro atoms. The van der Waals surface area contributed by atoms with Crippen LogP contribution in [0.3, 0.4) is 0 Å². The molecule has 6 heteroatoms. The van der Waals surface area contributed by atoms with Gasteiger partial charge in [-0.1, -0.05) is 0 Å². The van der Waals surface area contributed by atoms with Gasteiger partial charge in [-0.05, 0) is 64.4 Å². The Bertz CT molecular complexity index is 348. The summed E-state index contributed by atoms with van der Waals surface area (Å²) in [6.07, 6.45) is 2.22. The number of carbonyl (C=O) groups excluding carboxylic acids is 2. The molecule has 1 fully saturated rings. The predicted octanol–water partition coefficient (Wildman–Crippen LogP) is 2.98. The second kappa shape index (κ2) is 8.51. The zero-order valence-corrected chi connectivity index (χ0v) is 14.3. The Morgan fingerprint density at radius 1 is 1.29 bits per heavy atom. The van der Waals surface area contributed by atoms with Crippen molar-refractivity contribution < 1.29 is 19.1 Å². The van der Waals surface area contributed by atoms with E-state index in [-0.39, 0.29) is 5.97 Å². The van der Waals surface area contributed by atoms with Crippen LogP contribution in [0.2, 0.25) is 0 Å². The molecule has 0 aromatic heterocycles. The van der Waals surface area contributed by atoms with Gasteiger partial charge < -0.3 is 14.8 Å². The van der Waals surface area contributed by atoms with E-state index in [1.165, 1.54) is 0 Å². The molecular weight excluding hydrogens is 290 g/mol. The number of nitrogens with one attached hydrogen (secondary N) is 1. The van der Waals surface area contributed by atoms with Crippen molar-refractivity contribution in [3.63, 3.8) is 0 Å². The molecule has 122 valence electrons. The molecule has 0 bridgehead atoms. The van der Waals surface area contributed by atoms with Crippen molar-refractivity contribution in [3.05, 3.63) is 0 Å². The number of rotatable bonds is 5. The van der Waals surface area contributed by atoms with Crippen molar-refractivity contribution in [3.8, 4) is 0 Å². The zero-order valence-electron chi connectivity index (χ0n) is 13.4. The summed E-state index contributed by atoms with van der Waals surface area (Å²) in [7, 11) is 0. The highest BCUT2D eigenvalue weighted by molar-refractivity contribution is 7.99. The molecule has 0 saturated carbocycles. The summed E-state index contributed by atoms with van der Waals surface area (Å²) < 4.78 is 10.3. The van der Waals surface area contributed by atoms with Crippen LogP contribution in [-0.4, -0.2) is 41.8 Å². The van der Waals surface area contributed by atoms with Gasteiger partial charge in [-0.3, -0.25) is 0 Å². The fraction of sp³-hybridized carbons (Fsp3) is 0.867. The van der Waals surface area contributed by atoms with E-state index >= 15 is 0 Å². The first-order valence-electron chi connectivity index (χ1n) is 7.55. The van der Waals surface area contributed by atoms with Crippen molar-refractivity contribution in [2.24, 2.45) is 5.92 Å². The summed E-state index contributed by atoms with van der Waals surface area (Å²) in [5.74, 6) is 2.32. The molecule has 1 saturated heterocycles. The average molecular weight is 317 g/mol. The Morgan fingerprint density at radius 2 is 1.90 bits per heavy atom. The number of hydrogen-bond donors (Lipinski definition) is 1. The standard InChI is InChI=1S/C15H27NO4S/c1-5-19-13(17)12(10-11-6-8-21-9-7-11)16-14(18)20-15(2,3)4/h11-12H,5-10H2,1-4H3,(H,16,18)/t12-/m0/s1. The molecule has 1 atom stereocenters.